The topological polar surface area (TPSA) is 49.4 Å². The smallest absolute Gasteiger partial charge is 0.211 e. The quantitative estimate of drug-likeness (QED) is 0.808. The van der Waals surface area contributed by atoms with Crippen LogP contribution in [0, 0.1) is 0 Å². The van der Waals surface area contributed by atoms with Crippen molar-refractivity contribution in [3.63, 3.8) is 0 Å². The Morgan fingerprint density at radius 3 is 2.09 bits per heavy atom. The van der Waals surface area contributed by atoms with E-state index in [0.717, 1.165) is 16.8 Å². The summed E-state index contributed by atoms with van der Waals surface area (Å²) < 4.78 is 26.7. The molecule has 0 bridgehead atoms. The molecule has 2 aromatic carbocycles. The monoisotopic (exact) mass is 332 g/mol. The third-order valence-electron chi connectivity index (χ3n) is 3.69. The Morgan fingerprint density at radius 2 is 1.48 bits per heavy atom. The molecule has 0 spiro atoms. The van der Waals surface area contributed by atoms with Crippen molar-refractivity contribution in [1.29, 1.82) is 0 Å². The van der Waals surface area contributed by atoms with Gasteiger partial charge in [0.1, 0.15) is 0 Å². The molecule has 0 saturated carbocycles. The number of rotatable bonds is 8. The predicted molar refractivity (Wildman–Crippen MR) is 96.4 cm³/mol. The number of hydrogen-bond acceptors (Lipinski definition) is 3. The maximum Gasteiger partial charge on any atom is 0.211 e. The predicted octanol–water partition coefficient (Wildman–Crippen LogP) is 2.46. The normalized spacial score (nSPS) is 11.4. The average Bonchev–Trinajstić information content (AvgIpc) is 2.54. The van der Waals surface area contributed by atoms with Crippen LogP contribution in [0.1, 0.15) is 11.1 Å². The van der Waals surface area contributed by atoms with E-state index in [-0.39, 0.29) is 5.75 Å². The highest BCUT2D eigenvalue weighted by Crippen LogP contribution is 2.12. The van der Waals surface area contributed by atoms with E-state index in [1.54, 1.807) is 0 Å². The van der Waals surface area contributed by atoms with Crippen LogP contribution in [0.25, 0.3) is 0 Å². The Labute approximate surface area is 139 Å². The Balaban J connectivity index is 1.78. The minimum Gasteiger partial charge on any atom is -0.378 e. The average molecular weight is 332 g/mol. The first-order chi connectivity index (χ1) is 11.0. The van der Waals surface area contributed by atoms with E-state index < -0.39 is 10.0 Å². The van der Waals surface area contributed by atoms with Crippen LogP contribution < -0.4 is 9.62 Å². The number of nitrogens with one attached hydrogen (secondary N) is 1. The lowest BCUT2D eigenvalue weighted by atomic mass is 10.1. The molecular weight excluding hydrogens is 308 g/mol. The number of aryl methyl sites for hydroxylation is 1. The second-order valence-corrected chi connectivity index (χ2v) is 7.69. The molecule has 0 aliphatic carbocycles. The summed E-state index contributed by atoms with van der Waals surface area (Å²) in [5, 5.41) is 0. The Kier molecular flexibility index (Phi) is 6.19. The number of hydrogen-bond donors (Lipinski definition) is 1. The van der Waals surface area contributed by atoms with E-state index in [1.165, 1.54) is 0 Å². The molecule has 124 valence electrons. The fourth-order valence-electron chi connectivity index (χ4n) is 2.28. The molecule has 0 radical (unpaired) electrons. The molecule has 0 fully saturated rings. The molecule has 0 amide bonds. The molecular formula is C18H24N2O2S. The van der Waals surface area contributed by atoms with Gasteiger partial charge >= 0.3 is 0 Å². The molecule has 0 aromatic heterocycles. The summed E-state index contributed by atoms with van der Waals surface area (Å²) in [4.78, 5) is 2.04. The molecule has 0 aliphatic heterocycles. The van der Waals surface area contributed by atoms with Gasteiger partial charge in [-0.25, -0.2) is 13.1 Å². The van der Waals surface area contributed by atoms with E-state index in [1.807, 2.05) is 73.6 Å². The minimum absolute atomic E-state index is 0.122. The van der Waals surface area contributed by atoms with Gasteiger partial charge < -0.3 is 4.90 Å². The first-order valence-electron chi connectivity index (χ1n) is 7.74. The first-order valence-corrected chi connectivity index (χ1v) is 9.39. The van der Waals surface area contributed by atoms with Crippen molar-refractivity contribution in [3.05, 3.63) is 65.7 Å². The molecule has 1 N–H and O–H groups in total. The summed E-state index contributed by atoms with van der Waals surface area (Å²) in [6, 6.07) is 17.8. The number of sulfonamides is 1. The number of nitrogens with zero attached hydrogens (tertiary/aromatic N) is 1. The van der Waals surface area contributed by atoms with Crippen LogP contribution in [0.2, 0.25) is 0 Å². The summed E-state index contributed by atoms with van der Waals surface area (Å²) >= 11 is 0. The SMILES string of the molecule is CN(C)c1ccc(CCNS(=O)(=O)CCc2ccccc2)cc1. The van der Waals surface area contributed by atoms with Crippen molar-refractivity contribution in [3.8, 4) is 0 Å². The van der Waals surface area contributed by atoms with E-state index in [2.05, 4.69) is 4.72 Å². The van der Waals surface area contributed by atoms with Crippen molar-refractivity contribution in [2.45, 2.75) is 12.8 Å². The zero-order valence-electron chi connectivity index (χ0n) is 13.7. The summed E-state index contributed by atoms with van der Waals surface area (Å²) in [6.45, 7) is 0.429. The van der Waals surface area contributed by atoms with Crippen LogP contribution in [0.5, 0.6) is 0 Å². The second kappa shape index (κ2) is 8.13. The van der Waals surface area contributed by atoms with E-state index in [0.29, 0.717) is 19.4 Å². The van der Waals surface area contributed by atoms with Gasteiger partial charge in [0, 0.05) is 26.3 Å². The Hall–Kier alpha value is -1.85. The standard InChI is InChI=1S/C18H24N2O2S/c1-20(2)18-10-8-17(9-11-18)12-14-19-23(21,22)15-13-16-6-4-3-5-7-16/h3-11,19H,12-15H2,1-2H3. The van der Waals surface area contributed by atoms with Crippen LogP contribution in [-0.2, 0) is 22.9 Å². The van der Waals surface area contributed by atoms with E-state index in [4.69, 9.17) is 0 Å². The minimum atomic E-state index is -3.23. The summed E-state index contributed by atoms with van der Waals surface area (Å²) in [5.74, 6) is 0.122. The third-order valence-corrected chi connectivity index (χ3v) is 5.08. The molecule has 0 aliphatic rings. The third kappa shape index (κ3) is 6.04. The van der Waals surface area contributed by atoms with E-state index in [9.17, 15) is 8.42 Å². The van der Waals surface area contributed by atoms with Crippen LogP contribution in [0.3, 0.4) is 0 Å². The number of benzene rings is 2. The van der Waals surface area contributed by atoms with Crippen molar-refractivity contribution in [1.82, 2.24) is 4.72 Å². The maximum absolute atomic E-state index is 12.0. The summed E-state index contributed by atoms with van der Waals surface area (Å²) in [5.41, 5.74) is 3.30. The van der Waals surface area contributed by atoms with Crippen LogP contribution in [0.4, 0.5) is 5.69 Å². The molecule has 5 heteroatoms. The zero-order valence-corrected chi connectivity index (χ0v) is 14.5. The van der Waals surface area contributed by atoms with Gasteiger partial charge in [-0.15, -0.1) is 0 Å². The molecule has 4 nitrogen and oxygen atoms in total. The van der Waals surface area contributed by atoms with Crippen LogP contribution >= 0.6 is 0 Å². The molecule has 23 heavy (non-hydrogen) atoms. The lowest BCUT2D eigenvalue weighted by Crippen LogP contribution is -2.29. The van der Waals surface area contributed by atoms with Gasteiger partial charge in [0.05, 0.1) is 5.75 Å². The van der Waals surface area contributed by atoms with Gasteiger partial charge in [-0.2, -0.15) is 0 Å². The Bertz CT molecular complexity index is 696. The van der Waals surface area contributed by atoms with Crippen LogP contribution in [0.15, 0.2) is 54.6 Å². The lowest BCUT2D eigenvalue weighted by Gasteiger charge is -2.12. The lowest BCUT2D eigenvalue weighted by molar-refractivity contribution is 0.581. The fraction of sp³-hybridized carbons (Fsp3) is 0.333. The van der Waals surface area contributed by atoms with Gasteiger partial charge in [0.25, 0.3) is 0 Å². The largest absolute Gasteiger partial charge is 0.378 e. The molecule has 0 unspecified atom stereocenters. The first kappa shape index (κ1) is 17.5. The van der Waals surface area contributed by atoms with E-state index >= 15 is 0 Å². The molecule has 2 aromatic rings. The Morgan fingerprint density at radius 1 is 0.870 bits per heavy atom. The summed E-state index contributed by atoms with van der Waals surface area (Å²) in [6.07, 6.45) is 1.23. The molecule has 2 rings (SSSR count). The number of anilines is 1. The van der Waals surface area contributed by atoms with Gasteiger partial charge in [-0.05, 0) is 36.1 Å². The summed E-state index contributed by atoms with van der Waals surface area (Å²) in [7, 11) is 0.762. The van der Waals surface area contributed by atoms with Crippen molar-refractivity contribution in [2.24, 2.45) is 0 Å². The second-order valence-electron chi connectivity index (χ2n) is 5.76. The highest BCUT2D eigenvalue weighted by Gasteiger charge is 2.09. The fourth-order valence-corrected chi connectivity index (χ4v) is 3.34. The van der Waals surface area contributed by atoms with Crippen LogP contribution in [-0.4, -0.2) is 34.8 Å². The highest BCUT2D eigenvalue weighted by molar-refractivity contribution is 7.89. The van der Waals surface area contributed by atoms with Gasteiger partial charge in [-0.3, -0.25) is 0 Å². The molecule has 0 atom stereocenters. The zero-order chi connectivity index (χ0) is 16.7. The maximum atomic E-state index is 12.0. The van der Waals surface area contributed by atoms with Crippen molar-refractivity contribution in [2.75, 3.05) is 31.3 Å². The van der Waals surface area contributed by atoms with Gasteiger partial charge in [-0.1, -0.05) is 42.5 Å². The van der Waals surface area contributed by atoms with Crippen molar-refractivity contribution < 1.29 is 8.42 Å². The molecule has 0 saturated heterocycles. The van der Waals surface area contributed by atoms with Gasteiger partial charge in [0.15, 0.2) is 0 Å². The van der Waals surface area contributed by atoms with Gasteiger partial charge in [0.2, 0.25) is 10.0 Å². The highest BCUT2D eigenvalue weighted by atomic mass is 32.2. The molecule has 0 heterocycles. The van der Waals surface area contributed by atoms with Crippen molar-refractivity contribution >= 4 is 15.7 Å².